The van der Waals surface area contributed by atoms with Crippen LogP contribution in [0.2, 0.25) is 0 Å². The zero-order valence-corrected chi connectivity index (χ0v) is 16.9. The second-order valence-corrected chi connectivity index (χ2v) is 7.69. The van der Waals surface area contributed by atoms with E-state index >= 15 is 0 Å². The molecule has 4 rings (SSSR count). The monoisotopic (exact) mass is 384 g/mol. The maximum Gasteiger partial charge on any atom is 0.231 e. The van der Waals surface area contributed by atoms with E-state index < -0.39 is 0 Å². The van der Waals surface area contributed by atoms with Crippen LogP contribution in [0, 0.1) is 6.92 Å². The number of carbonyl (C=O) groups excluding carboxylic acids is 1. The summed E-state index contributed by atoms with van der Waals surface area (Å²) in [5.41, 5.74) is 5.10. The summed E-state index contributed by atoms with van der Waals surface area (Å²) >= 11 is 0. The first-order valence-electron chi connectivity index (χ1n) is 9.86. The number of aryl methyl sites for hydroxylation is 1. The van der Waals surface area contributed by atoms with Crippen LogP contribution < -0.4 is 9.47 Å². The van der Waals surface area contributed by atoms with Crippen molar-refractivity contribution in [2.45, 2.75) is 33.3 Å². The van der Waals surface area contributed by atoms with Gasteiger partial charge in [0, 0.05) is 6.07 Å². The highest BCUT2D eigenvalue weighted by Crippen LogP contribution is 2.35. The Morgan fingerprint density at radius 2 is 1.69 bits per heavy atom. The fraction of sp³-hybridized carbons (Fsp3) is 0.192. The molecular weight excluding hydrogens is 360 g/mol. The van der Waals surface area contributed by atoms with E-state index in [9.17, 15) is 4.79 Å². The lowest BCUT2D eigenvalue weighted by atomic mass is 10.0. The summed E-state index contributed by atoms with van der Waals surface area (Å²) in [6, 6.07) is 21.8. The van der Waals surface area contributed by atoms with Gasteiger partial charge in [0.25, 0.3) is 0 Å². The highest BCUT2D eigenvalue weighted by molar-refractivity contribution is 6.14. The second kappa shape index (κ2) is 7.96. The highest BCUT2D eigenvalue weighted by atomic mass is 16.5. The molecule has 0 aromatic heterocycles. The molecule has 1 aliphatic rings. The Morgan fingerprint density at radius 3 is 2.38 bits per heavy atom. The average Bonchev–Trinajstić information content (AvgIpc) is 3.03. The number of ether oxygens (including phenoxy) is 2. The van der Waals surface area contributed by atoms with Crippen LogP contribution in [0.3, 0.4) is 0 Å². The molecule has 0 amide bonds. The summed E-state index contributed by atoms with van der Waals surface area (Å²) in [6.07, 6.45) is 1.79. The van der Waals surface area contributed by atoms with Crippen LogP contribution >= 0.6 is 0 Å². The second-order valence-electron chi connectivity index (χ2n) is 7.69. The van der Waals surface area contributed by atoms with Crippen molar-refractivity contribution in [2.24, 2.45) is 0 Å². The molecule has 1 aliphatic heterocycles. The minimum Gasteiger partial charge on any atom is -0.489 e. The number of ketones is 1. The minimum atomic E-state index is -0.0991. The summed E-state index contributed by atoms with van der Waals surface area (Å²) in [7, 11) is 0. The maximum absolute atomic E-state index is 12.7. The van der Waals surface area contributed by atoms with Crippen molar-refractivity contribution in [1.29, 1.82) is 0 Å². The fourth-order valence-corrected chi connectivity index (χ4v) is 3.24. The highest BCUT2D eigenvalue weighted by Gasteiger charge is 2.27. The number of allylic oxidation sites excluding steroid dienone is 1. The number of fused-ring (bicyclic) bond motifs is 1. The molecule has 3 nitrogen and oxygen atoms in total. The molecule has 0 atom stereocenters. The van der Waals surface area contributed by atoms with Gasteiger partial charge in [-0.15, -0.1) is 0 Å². The Bertz CT molecular complexity index is 1060. The molecule has 0 spiro atoms. The Kier molecular flexibility index (Phi) is 5.22. The van der Waals surface area contributed by atoms with Crippen LogP contribution in [0.15, 0.2) is 72.5 Å². The number of hydrogen-bond acceptors (Lipinski definition) is 3. The Morgan fingerprint density at radius 1 is 0.966 bits per heavy atom. The summed E-state index contributed by atoms with van der Waals surface area (Å²) in [4.78, 5) is 12.7. The molecule has 0 aliphatic carbocycles. The maximum atomic E-state index is 12.7. The van der Waals surface area contributed by atoms with E-state index in [1.807, 2.05) is 30.3 Å². The molecule has 29 heavy (non-hydrogen) atoms. The van der Waals surface area contributed by atoms with Gasteiger partial charge in [-0.25, -0.2) is 0 Å². The van der Waals surface area contributed by atoms with Gasteiger partial charge in [-0.2, -0.15) is 0 Å². The van der Waals surface area contributed by atoms with Gasteiger partial charge in [-0.05, 0) is 47.7 Å². The molecule has 146 valence electrons. The molecular formula is C26H24O3. The van der Waals surface area contributed by atoms with E-state index in [2.05, 4.69) is 45.0 Å². The first-order chi connectivity index (χ1) is 14.0. The van der Waals surface area contributed by atoms with Crippen molar-refractivity contribution in [3.63, 3.8) is 0 Å². The van der Waals surface area contributed by atoms with Crippen LogP contribution in [0.4, 0.5) is 0 Å². The van der Waals surface area contributed by atoms with Crippen LogP contribution in [0.1, 0.15) is 52.4 Å². The van der Waals surface area contributed by atoms with Gasteiger partial charge in [-0.1, -0.05) is 67.9 Å². The first kappa shape index (κ1) is 19.0. The predicted molar refractivity (Wildman–Crippen MR) is 115 cm³/mol. The number of rotatable bonds is 5. The Labute approximate surface area is 171 Å². The van der Waals surface area contributed by atoms with Gasteiger partial charge < -0.3 is 9.47 Å². The molecule has 0 saturated heterocycles. The normalized spacial score (nSPS) is 14.2. The van der Waals surface area contributed by atoms with Gasteiger partial charge in [0.15, 0.2) is 5.76 Å². The fourth-order valence-electron chi connectivity index (χ4n) is 3.24. The van der Waals surface area contributed by atoms with Crippen LogP contribution in [-0.2, 0) is 6.61 Å². The van der Waals surface area contributed by atoms with Crippen molar-refractivity contribution >= 4 is 11.9 Å². The SMILES string of the molecule is Cc1ccc(COc2ccc3c(c2)OC(=Cc2ccc(C(C)C)cc2)C3=O)cc1. The van der Waals surface area contributed by atoms with Gasteiger partial charge in [0.1, 0.15) is 18.1 Å². The van der Waals surface area contributed by atoms with Gasteiger partial charge in [0.05, 0.1) is 5.56 Å². The summed E-state index contributed by atoms with van der Waals surface area (Å²) in [5.74, 6) is 1.94. The van der Waals surface area contributed by atoms with Crippen molar-refractivity contribution in [3.8, 4) is 11.5 Å². The van der Waals surface area contributed by atoms with E-state index in [-0.39, 0.29) is 5.78 Å². The Balaban J connectivity index is 1.48. The van der Waals surface area contributed by atoms with Crippen LogP contribution in [0.5, 0.6) is 11.5 Å². The molecule has 0 saturated carbocycles. The van der Waals surface area contributed by atoms with E-state index in [4.69, 9.17) is 9.47 Å². The van der Waals surface area contributed by atoms with Crippen molar-refractivity contribution in [3.05, 3.63) is 100 Å². The average molecular weight is 384 g/mol. The summed E-state index contributed by atoms with van der Waals surface area (Å²) in [6.45, 7) is 6.85. The summed E-state index contributed by atoms with van der Waals surface area (Å²) < 4.78 is 11.7. The lowest BCUT2D eigenvalue weighted by molar-refractivity contribution is 0.101. The van der Waals surface area contributed by atoms with Crippen LogP contribution in [-0.4, -0.2) is 5.78 Å². The number of carbonyl (C=O) groups is 1. The van der Waals surface area contributed by atoms with E-state index in [0.717, 1.165) is 11.1 Å². The number of Topliss-reactive ketones (excluding diaryl/α,β-unsaturated/α-hetero) is 1. The lowest BCUT2D eigenvalue weighted by Gasteiger charge is -2.07. The largest absolute Gasteiger partial charge is 0.489 e. The van der Waals surface area contributed by atoms with E-state index in [1.54, 1.807) is 18.2 Å². The first-order valence-corrected chi connectivity index (χ1v) is 9.86. The third-order valence-electron chi connectivity index (χ3n) is 5.07. The third kappa shape index (κ3) is 4.24. The van der Waals surface area contributed by atoms with E-state index in [1.165, 1.54) is 11.1 Å². The molecule has 0 bridgehead atoms. The number of benzene rings is 3. The lowest BCUT2D eigenvalue weighted by Crippen LogP contribution is -1.98. The molecule has 0 N–H and O–H groups in total. The van der Waals surface area contributed by atoms with Crippen molar-refractivity contribution in [1.82, 2.24) is 0 Å². The quantitative estimate of drug-likeness (QED) is 0.483. The summed E-state index contributed by atoms with van der Waals surface area (Å²) in [5, 5.41) is 0. The molecule has 0 fully saturated rings. The molecule has 0 unspecified atom stereocenters. The zero-order chi connectivity index (χ0) is 20.4. The standard InChI is InChI=1S/C26H24O3/c1-17(2)21-10-8-19(9-11-21)14-25-26(27)23-13-12-22(15-24(23)29-25)28-16-20-6-4-18(3)5-7-20/h4-15,17H,16H2,1-3H3. The van der Waals surface area contributed by atoms with Crippen LogP contribution in [0.25, 0.3) is 6.08 Å². The topological polar surface area (TPSA) is 35.5 Å². The van der Waals surface area contributed by atoms with Crippen molar-refractivity contribution < 1.29 is 14.3 Å². The zero-order valence-electron chi connectivity index (χ0n) is 16.9. The molecule has 0 radical (unpaired) electrons. The van der Waals surface area contributed by atoms with Gasteiger partial charge >= 0.3 is 0 Å². The van der Waals surface area contributed by atoms with E-state index in [0.29, 0.717) is 35.3 Å². The smallest absolute Gasteiger partial charge is 0.231 e. The van der Waals surface area contributed by atoms with Crippen molar-refractivity contribution in [2.75, 3.05) is 0 Å². The van der Waals surface area contributed by atoms with Gasteiger partial charge in [-0.3, -0.25) is 4.79 Å². The molecule has 1 heterocycles. The molecule has 3 aromatic rings. The predicted octanol–water partition coefficient (Wildman–Crippen LogP) is 6.31. The number of hydrogen-bond donors (Lipinski definition) is 0. The molecule has 3 heteroatoms. The minimum absolute atomic E-state index is 0.0991. The van der Waals surface area contributed by atoms with Gasteiger partial charge in [0.2, 0.25) is 5.78 Å². The Hall–Kier alpha value is -3.33. The molecule has 3 aromatic carbocycles. The third-order valence-corrected chi connectivity index (χ3v) is 5.07.